The quantitative estimate of drug-likeness (QED) is 0.617. The number of nitrogen functional groups attached to an aromatic ring is 1. The van der Waals surface area contributed by atoms with Gasteiger partial charge in [-0.25, -0.2) is 0 Å². The summed E-state index contributed by atoms with van der Waals surface area (Å²) in [6.45, 7) is 4.95. The molecule has 0 atom stereocenters. The molecular weight excluding hydrogens is 222 g/mol. The predicted molar refractivity (Wildman–Crippen MR) is 77.4 cm³/mol. The molecule has 98 valence electrons. The van der Waals surface area contributed by atoms with Crippen LogP contribution in [0.5, 0.6) is 0 Å². The van der Waals surface area contributed by atoms with Gasteiger partial charge in [0.1, 0.15) is 0 Å². The van der Waals surface area contributed by atoms with E-state index in [-0.39, 0.29) is 5.41 Å². The Bertz CT molecular complexity index is 418. The second kappa shape index (κ2) is 6.30. The van der Waals surface area contributed by atoms with Crippen molar-refractivity contribution in [2.45, 2.75) is 33.1 Å². The van der Waals surface area contributed by atoms with Crippen molar-refractivity contribution in [3.8, 4) is 6.07 Å². The summed E-state index contributed by atoms with van der Waals surface area (Å²) in [5, 5.41) is 8.94. The highest BCUT2D eigenvalue weighted by atomic mass is 15.1. The molecule has 0 aliphatic heterocycles. The lowest BCUT2D eigenvalue weighted by Gasteiger charge is -2.22. The minimum atomic E-state index is -0.204. The Morgan fingerprint density at radius 2 is 1.94 bits per heavy atom. The number of nitrogens with zero attached hydrogens (tertiary/aromatic N) is 2. The normalized spacial score (nSPS) is 11.0. The summed E-state index contributed by atoms with van der Waals surface area (Å²) in [5.41, 5.74) is 7.63. The Hall–Kier alpha value is -1.69. The Kier molecular flexibility index (Phi) is 5.03. The lowest BCUT2D eigenvalue weighted by Crippen LogP contribution is -2.20. The lowest BCUT2D eigenvalue weighted by molar-refractivity contribution is 0.427. The molecule has 1 aromatic carbocycles. The minimum Gasteiger partial charge on any atom is -0.397 e. The number of unbranched alkanes of at least 4 members (excludes halogenated alkanes) is 1. The first-order chi connectivity index (χ1) is 8.46. The van der Waals surface area contributed by atoms with Gasteiger partial charge in [-0.15, -0.1) is 0 Å². The van der Waals surface area contributed by atoms with Gasteiger partial charge in [-0.3, -0.25) is 0 Å². The summed E-state index contributed by atoms with van der Waals surface area (Å²) in [4.78, 5) is 2.18. The molecule has 0 amide bonds. The van der Waals surface area contributed by atoms with E-state index < -0.39 is 0 Å². The fourth-order valence-corrected chi connectivity index (χ4v) is 1.93. The molecule has 0 unspecified atom stereocenters. The van der Waals surface area contributed by atoms with Crippen molar-refractivity contribution in [2.75, 3.05) is 24.2 Å². The molecule has 0 aliphatic carbocycles. The van der Waals surface area contributed by atoms with Crippen LogP contribution in [0.3, 0.4) is 0 Å². The third-order valence-corrected chi connectivity index (χ3v) is 3.20. The number of nitrogens with two attached hydrogens (primary N) is 1. The first-order valence-corrected chi connectivity index (χ1v) is 6.43. The number of hydrogen-bond acceptors (Lipinski definition) is 3. The van der Waals surface area contributed by atoms with Gasteiger partial charge in [-0.1, -0.05) is 18.6 Å². The summed E-state index contributed by atoms with van der Waals surface area (Å²) < 4.78 is 0. The number of anilines is 2. The number of benzene rings is 1. The molecule has 18 heavy (non-hydrogen) atoms. The number of para-hydroxylation sites is 2. The average Bonchev–Trinajstić information content (AvgIpc) is 2.35. The summed E-state index contributed by atoms with van der Waals surface area (Å²) in [6, 6.07) is 10.2. The Morgan fingerprint density at radius 1 is 1.28 bits per heavy atom. The van der Waals surface area contributed by atoms with E-state index in [1.165, 1.54) is 0 Å². The molecule has 3 heteroatoms. The maximum Gasteiger partial charge on any atom is 0.0683 e. The van der Waals surface area contributed by atoms with Crippen LogP contribution >= 0.6 is 0 Å². The van der Waals surface area contributed by atoms with Gasteiger partial charge < -0.3 is 10.6 Å². The maximum absolute atomic E-state index is 8.94. The van der Waals surface area contributed by atoms with Gasteiger partial charge >= 0.3 is 0 Å². The van der Waals surface area contributed by atoms with E-state index >= 15 is 0 Å². The van der Waals surface area contributed by atoms with Gasteiger partial charge in [-0.05, 0) is 38.8 Å². The summed E-state index contributed by atoms with van der Waals surface area (Å²) >= 11 is 0. The Labute approximate surface area is 110 Å². The maximum atomic E-state index is 8.94. The number of nitriles is 1. The molecule has 0 heterocycles. The van der Waals surface area contributed by atoms with Crippen molar-refractivity contribution in [1.82, 2.24) is 0 Å². The highest BCUT2D eigenvalue weighted by Crippen LogP contribution is 2.24. The van der Waals surface area contributed by atoms with Crippen molar-refractivity contribution in [3.05, 3.63) is 24.3 Å². The van der Waals surface area contributed by atoms with Crippen LogP contribution < -0.4 is 10.6 Å². The second-order valence-corrected chi connectivity index (χ2v) is 5.43. The van der Waals surface area contributed by atoms with Crippen LogP contribution in [-0.2, 0) is 0 Å². The SMILES string of the molecule is CN(CCCCC(C)(C)C#N)c1ccccc1N. The van der Waals surface area contributed by atoms with Crippen molar-refractivity contribution >= 4 is 11.4 Å². The molecule has 0 fully saturated rings. The molecule has 1 aromatic rings. The van der Waals surface area contributed by atoms with Gasteiger partial charge in [0, 0.05) is 13.6 Å². The monoisotopic (exact) mass is 245 g/mol. The van der Waals surface area contributed by atoms with Gasteiger partial charge in [0.05, 0.1) is 22.9 Å². The predicted octanol–water partition coefficient (Wildman–Crippen LogP) is 3.43. The molecule has 0 saturated carbocycles. The van der Waals surface area contributed by atoms with Crippen LogP contribution in [0.4, 0.5) is 11.4 Å². The molecule has 3 nitrogen and oxygen atoms in total. The largest absolute Gasteiger partial charge is 0.397 e. The third-order valence-electron chi connectivity index (χ3n) is 3.20. The fraction of sp³-hybridized carbons (Fsp3) is 0.533. The zero-order chi connectivity index (χ0) is 13.6. The zero-order valence-corrected chi connectivity index (χ0v) is 11.6. The van der Waals surface area contributed by atoms with E-state index in [0.717, 1.165) is 37.2 Å². The highest BCUT2D eigenvalue weighted by molar-refractivity contribution is 5.66. The van der Waals surface area contributed by atoms with Crippen LogP contribution in [0, 0.1) is 16.7 Å². The second-order valence-electron chi connectivity index (χ2n) is 5.43. The number of hydrogen-bond donors (Lipinski definition) is 1. The molecule has 2 N–H and O–H groups in total. The molecule has 0 bridgehead atoms. The van der Waals surface area contributed by atoms with Gasteiger partial charge in [0.15, 0.2) is 0 Å². The topological polar surface area (TPSA) is 53.0 Å². The van der Waals surface area contributed by atoms with E-state index in [9.17, 15) is 0 Å². The van der Waals surface area contributed by atoms with E-state index in [1.807, 2.05) is 38.1 Å². The molecule has 0 radical (unpaired) electrons. The summed E-state index contributed by atoms with van der Waals surface area (Å²) in [7, 11) is 2.06. The van der Waals surface area contributed by atoms with Gasteiger partial charge in [0.2, 0.25) is 0 Å². The Morgan fingerprint density at radius 3 is 2.56 bits per heavy atom. The van der Waals surface area contributed by atoms with Crippen molar-refractivity contribution in [3.63, 3.8) is 0 Å². The van der Waals surface area contributed by atoms with Crippen LogP contribution in [0.1, 0.15) is 33.1 Å². The minimum absolute atomic E-state index is 0.204. The van der Waals surface area contributed by atoms with Crippen molar-refractivity contribution in [1.29, 1.82) is 5.26 Å². The van der Waals surface area contributed by atoms with E-state index in [2.05, 4.69) is 18.0 Å². The lowest BCUT2D eigenvalue weighted by atomic mass is 9.89. The molecular formula is C15H23N3. The molecule has 0 spiro atoms. The smallest absolute Gasteiger partial charge is 0.0683 e. The first-order valence-electron chi connectivity index (χ1n) is 6.43. The average molecular weight is 245 g/mol. The Balaban J connectivity index is 2.37. The highest BCUT2D eigenvalue weighted by Gasteiger charge is 2.15. The van der Waals surface area contributed by atoms with Gasteiger partial charge in [-0.2, -0.15) is 5.26 Å². The molecule has 0 aromatic heterocycles. The van der Waals surface area contributed by atoms with Crippen molar-refractivity contribution in [2.24, 2.45) is 5.41 Å². The molecule has 0 aliphatic rings. The first kappa shape index (κ1) is 14.4. The zero-order valence-electron chi connectivity index (χ0n) is 11.6. The van der Waals surface area contributed by atoms with Crippen LogP contribution in [0.25, 0.3) is 0 Å². The van der Waals surface area contributed by atoms with E-state index in [1.54, 1.807) is 0 Å². The fourth-order valence-electron chi connectivity index (χ4n) is 1.93. The summed E-state index contributed by atoms with van der Waals surface area (Å²) in [6.07, 6.45) is 3.09. The van der Waals surface area contributed by atoms with E-state index in [4.69, 9.17) is 11.0 Å². The van der Waals surface area contributed by atoms with Crippen molar-refractivity contribution < 1.29 is 0 Å². The van der Waals surface area contributed by atoms with Crippen LogP contribution in [0.2, 0.25) is 0 Å². The van der Waals surface area contributed by atoms with Crippen LogP contribution in [0.15, 0.2) is 24.3 Å². The number of rotatable bonds is 6. The molecule has 0 saturated heterocycles. The standard InChI is InChI=1S/C15H23N3/c1-15(2,12-16)10-6-7-11-18(3)14-9-5-4-8-13(14)17/h4-5,8-9H,6-7,10-11,17H2,1-3H3. The van der Waals surface area contributed by atoms with E-state index in [0.29, 0.717) is 0 Å². The summed E-state index contributed by atoms with van der Waals surface area (Å²) in [5.74, 6) is 0. The molecule has 1 rings (SSSR count). The van der Waals surface area contributed by atoms with Crippen LogP contribution in [-0.4, -0.2) is 13.6 Å². The van der Waals surface area contributed by atoms with Gasteiger partial charge in [0.25, 0.3) is 0 Å². The third kappa shape index (κ3) is 4.29.